The van der Waals surface area contributed by atoms with Crippen molar-refractivity contribution < 1.29 is 4.74 Å². The van der Waals surface area contributed by atoms with Gasteiger partial charge in [0.2, 0.25) is 5.88 Å². The lowest BCUT2D eigenvalue weighted by Crippen LogP contribution is -2.25. The molecule has 1 saturated carbocycles. The van der Waals surface area contributed by atoms with Gasteiger partial charge in [-0.1, -0.05) is 19.8 Å². The average molecular weight is 248 g/mol. The number of nitrogens with zero attached hydrogens (tertiary/aromatic N) is 1. The quantitative estimate of drug-likeness (QED) is 0.887. The molecule has 0 aliphatic heterocycles. The number of hydrogen-bond donors (Lipinski definition) is 1. The molecule has 18 heavy (non-hydrogen) atoms. The predicted molar refractivity (Wildman–Crippen MR) is 73.5 cm³/mol. The zero-order valence-electron chi connectivity index (χ0n) is 11.4. The highest BCUT2D eigenvalue weighted by atomic mass is 16.5. The van der Waals surface area contributed by atoms with Gasteiger partial charge in [-0.25, -0.2) is 4.98 Å². The molecular weight excluding hydrogens is 224 g/mol. The molecule has 1 heterocycles. The molecule has 0 spiro atoms. The Morgan fingerprint density at radius 2 is 2.33 bits per heavy atom. The molecule has 1 aromatic heterocycles. The molecule has 1 aromatic rings. The van der Waals surface area contributed by atoms with E-state index in [1.54, 1.807) is 6.20 Å². The van der Waals surface area contributed by atoms with E-state index in [1.807, 2.05) is 19.1 Å². The van der Waals surface area contributed by atoms with Gasteiger partial charge in [0.05, 0.1) is 0 Å². The van der Waals surface area contributed by atoms with Crippen LogP contribution in [0.25, 0.3) is 0 Å². The average Bonchev–Trinajstić information content (AvgIpc) is 2.39. The molecule has 3 nitrogen and oxygen atoms in total. The summed E-state index contributed by atoms with van der Waals surface area (Å²) in [5.74, 6) is 1.55. The zero-order valence-corrected chi connectivity index (χ0v) is 11.4. The summed E-state index contributed by atoms with van der Waals surface area (Å²) in [5, 5.41) is 0. The topological polar surface area (TPSA) is 48.1 Å². The molecule has 0 aromatic carbocycles. The van der Waals surface area contributed by atoms with Gasteiger partial charge in [-0.3, -0.25) is 0 Å². The maximum absolute atomic E-state index is 6.01. The first-order valence-corrected chi connectivity index (χ1v) is 7.07. The van der Waals surface area contributed by atoms with Gasteiger partial charge in [-0.2, -0.15) is 0 Å². The van der Waals surface area contributed by atoms with Crippen LogP contribution in [0.1, 0.15) is 57.6 Å². The van der Waals surface area contributed by atoms with Crippen LogP contribution in [0, 0.1) is 5.92 Å². The van der Waals surface area contributed by atoms with Crippen LogP contribution in [-0.4, -0.2) is 11.1 Å². The van der Waals surface area contributed by atoms with Crippen molar-refractivity contribution in [3.05, 3.63) is 23.9 Å². The van der Waals surface area contributed by atoms with Gasteiger partial charge >= 0.3 is 0 Å². The van der Waals surface area contributed by atoms with Crippen molar-refractivity contribution in [3.63, 3.8) is 0 Å². The highest BCUT2D eigenvalue weighted by Gasteiger charge is 2.22. The first-order valence-electron chi connectivity index (χ1n) is 7.07. The monoisotopic (exact) mass is 248 g/mol. The fourth-order valence-electron chi connectivity index (χ4n) is 2.66. The van der Waals surface area contributed by atoms with Gasteiger partial charge < -0.3 is 10.5 Å². The van der Waals surface area contributed by atoms with Crippen LogP contribution in [0.5, 0.6) is 5.88 Å². The van der Waals surface area contributed by atoms with E-state index in [0.29, 0.717) is 6.10 Å². The lowest BCUT2D eigenvalue weighted by atomic mass is 9.85. The summed E-state index contributed by atoms with van der Waals surface area (Å²) in [6.07, 6.45) is 8.32. The summed E-state index contributed by atoms with van der Waals surface area (Å²) in [6.45, 7) is 4.24. The summed E-state index contributed by atoms with van der Waals surface area (Å²) in [4.78, 5) is 4.29. The van der Waals surface area contributed by atoms with Crippen LogP contribution >= 0.6 is 0 Å². The standard InChI is InChI=1S/C15H24N2O/c1-3-12-5-4-6-14(9-12)18-15-10-13(11(2)16)7-8-17-15/h7-8,10-12,14H,3-6,9,16H2,1-2H3/t11-,12?,14?/m1/s1. The predicted octanol–water partition coefficient (Wildman–Crippen LogP) is 3.45. The van der Waals surface area contributed by atoms with Gasteiger partial charge in [-0.05, 0) is 43.7 Å². The van der Waals surface area contributed by atoms with Crippen LogP contribution in [0.15, 0.2) is 18.3 Å². The second-order valence-electron chi connectivity index (χ2n) is 5.40. The Balaban J connectivity index is 1.98. The normalized spacial score (nSPS) is 25.7. The number of hydrogen-bond acceptors (Lipinski definition) is 3. The van der Waals surface area contributed by atoms with E-state index >= 15 is 0 Å². The molecule has 2 N–H and O–H groups in total. The van der Waals surface area contributed by atoms with Crippen molar-refractivity contribution >= 4 is 0 Å². The fraction of sp³-hybridized carbons (Fsp3) is 0.667. The lowest BCUT2D eigenvalue weighted by Gasteiger charge is -2.28. The third-order valence-electron chi connectivity index (χ3n) is 3.88. The van der Waals surface area contributed by atoms with Crippen molar-refractivity contribution in [1.29, 1.82) is 0 Å². The minimum Gasteiger partial charge on any atom is -0.474 e. The molecule has 3 atom stereocenters. The molecule has 1 aliphatic carbocycles. The molecule has 0 bridgehead atoms. The molecule has 100 valence electrons. The molecule has 2 unspecified atom stereocenters. The maximum Gasteiger partial charge on any atom is 0.213 e. The smallest absolute Gasteiger partial charge is 0.213 e. The second-order valence-corrected chi connectivity index (χ2v) is 5.40. The van der Waals surface area contributed by atoms with Crippen molar-refractivity contribution in [2.45, 2.75) is 58.1 Å². The number of ether oxygens (including phenoxy) is 1. The van der Waals surface area contributed by atoms with Crippen LogP contribution in [0.2, 0.25) is 0 Å². The number of rotatable bonds is 4. The molecule has 1 fully saturated rings. The van der Waals surface area contributed by atoms with Crippen LogP contribution in [0.4, 0.5) is 0 Å². The van der Waals surface area contributed by atoms with Crippen molar-refractivity contribution in [3.8, 4) is 5.88 Å². The summed E-state index contributed by atoms with van der Waals surface area (Å²) in [5.41, 5.74) is 6.96. The second kappa shape index (κ2) is 6.19. The Bertz CT molecular complexity index is 379. The SMILES string of the molecule is CCC1CCCC(Oc2cc([C@@H](C)N)ccn2)C1. The van der Waals surface area contributed by atoms with E-state index in [4.69, 9.17) is 10.5 Å². The lowest BCUT2D eigenvalue weighted by molar-refractivity contribution is 0.117. The summed E-state index contributed by atoms with van der Waals surface area (Å²) < 4.78 is 6.01. The van der Waals surface area contributed by atoms with E-state index in [-0.39, 0.29) is 6.04 Å². The van der Waals surface area contributed by atoms with Gasteiger partial charge in [0.15, 0.2) is 0 Å². The summed E-state index contributed by atoms with van der Waals surface area (Å²) in [6, 6.07) is 3.96. The van der Waals surface area contributed by atoms with Crippen molar-refractivity contribution in [2.24, 2.45) is 11.7 Å². The number of pyridine rings is 1. The highest BCUT2D eigenvalue weighted by Crippen LogP contribution is 2.29. The van der Waals surface area contributed by atoms with Gasteiger partial charge in [-0.15, -0.1) is 0 Å². The Labute approximate surface area is 110 Å². The third kappa shape index (κ3) is 3.45. The van der Waals surface area contributed by atoms with E-state index in [1.165, 1.54) is 25.7 Å². The van der Waals surface area contributed by atoms with Crippen molar-refractivity contribution in [1.82, 2.24) is 4.98 Å². The van der Waals surface area contributed by atoms with Crippen molar-refractivity contribution in [2.75, 3.05) is 0 Å². The first kappa shape index (κ1) is 13.3. The fourth-order valence-corrected chi connectivity index (χ4v) is 2.66. The zero-order chi connectivity index (χ0) is 13.0. The summed E-state index contributed by atoms with van der Waals surface area (Å²) in [7, 11) is 0. The maximum atomic E-state index is 6.01. The molecule has 1 aliphatic rings. The third-order valence-corrected chi connectivity index (χ3v) is 3.88. The Hall–Kier alpha value is -1.09. The van der Waals surface area contributed by atoms with Crippen LogP contribution in [0.3, 0.4) is 0 Å². The largest absolute Gasteiger partial charge is 0.474 e. The van der Waals surface area contributed by atoms with Gasteiger partial charge in [0.25, 0.3) is 0 Å². The molecule has 2 rings (SSSR count). The Kier molecular flexibility index (Phi) is 4.59. The van der Waals surface area contributed by atoms with E-state index in [0.717, 1.165) is 23.8 Å². The highest BCUT2D eigenvalue weighted by molar-refractivity contribution is 5.23. The van der Waals surface area contributed by atoms with Gasteiger partial charge in [0, 0.05) is 18.3 Å². The van der Waals surface area contributed by atoms with E-state index in [9.17, 15) is 0 Å². The van der Waals surface area contributed by atoms with Crippen LogP contribution < -0.4 is 10.5 Å². The summed E-state index contributed by atoms with van der Waals surface area (Å²) >= 11 is 0. The van der Waals surface area contributed by atoms with Crippen LogP contribution in [-0.2, 0) is 0 Å². The number of aromatic nitrogens is 1. The molecule has 3 heteroatoms. The minimum atomic E-state index is 0.0325. The minimum absolute atomic E-state index is 0.0325. The number of nitrogens with two attached hydrogens (primary N) is 1. The van der Waals surface area contributed by atoms with E-state index < -0.39 is 0 Å². The molecule has 0 amide bonds. The van der Waals surface area contributed by atoms with E-state index in [2.05, 4.69) is 11.9 Å². The Morgan fingerprint density at radius 3 is 3.06 bits per heavy atom. The Morgan fingerprint density at radius 1 is 1.50 bits per heavy atom. The molecule has 0 saturated heterocycles. The molecule has 0 radical (unpaired) electrons. The molecular formula is C15H24N2O. The van der Waals surface area contributed by atoms with Gasteiger partial charge in [0.1, 0.15) is 6.10 Å². The first-order chi connectivity index (χ1) is 8.69.